The molecule has 1 aliphatic carbocycles. The van der Waals surface area contributed by atoms with Gasteiger partial charge in [0.2, 0.25) is 0 Å². The van der Waals surface area contributed by atoms with E-state index >= 15 is 0 Å². The molecule has 4 heteroatoms. The highest BCUT2D eigenvalue weighted by atomic mass is 16.5. The molecular weight excluding hydrogens is 310 g/mol. The van der Waals surface area contributed by atoms with Crippen LogP contribution in [0.15, 0.2) is 24.3 Å². The van der Waals surface area contributed by atoms with Crippen molar-refractivity contribution in [3.63, 3.8) is 0 Å². The average Bonchev–Trinajstić information content (AvgIpc) is 3.25. The van der Waals surface area contributed by atoms with Gasteiger partial charge < -0.3 is 9.64 Å². The number of hydrogen-bond acceptors (Lipinski definition) is 3. The third kappa shape index (κ3) is 3.74. The molecule has 1 aromatic carbocycles. The molecule has 0 amide bonds. The number of fused-ring (bicyclic) bond motifs is 1. The van der Waals surface area contributed by atoms with Gasteiger partial charge in [-0.05, 0) is 88.4 Å². The van der Waals surface area contributed by atoms with E-state index in [9.17, 15) is 0 Å². The van der Waals surface area contributed by atoms with Crippen molar-refractivity contribution in [2.75, 3.05) is 26.2 Å². The summed E-state index contributed by atoms with van der Waals surface area (Å²) in [4.78, 5) is 2.57. The lowest BCUT2D eigenvalue weighted by Gasteiger charge is -2.26. The highest BCUT2D eigenvalue weighted by molar-refractivity contribution is 5.42. The van der Waals surface area contributed by atoms with Gasteiger partial charge in [0, 0.05) is 12.2 Å². The molecule has 134 valence electrons. The molecular formula is C21H29N3O. The smallest absolute Gasteiger partial charge is 0.119 e. The summed E-state index contributed by atoms with van der Waals surface area (Å²) in [5.74, 6) is 0.961. The third-order valence-electron chi connectivity index (χ3n) is 5.55. The van der Waals surface area contributed by atoms with Crippen LogP contribution in [0.1, 0.15) is 49.1 Å². The molecule has 2 heterocycles. The molecule has 4 rings (SSSR count). The predicted octanol–water partition coefficient (Wildman–Crippen LogP) is 3.92. The molecule has 1 fully saturated rings. The van der Waals surface area contributed by atoms with Crippen molar-refractivity contribution in [3.05, 3.63) is 41.2 Å². The Morgan fingerprint density at radius 2 is 1.80 bits per heavy atom. The summed E-state index contributed by atoms with van der Waals surface area (Å²) in [6, 6.07) is 8.42. The van der Waals surface area contributed by atoms with E-state index in [2.05, 4.69) is 40.8 Å². The minimum absolute atomic E-state index is 0.798. The number of aromatic nitrogens is 2. The summed E-state index contributed by atoms with van der Waals surface area (Å²) < 4.78 is 8.05. The highest BCUT2D eigenvalue weighted by Gasteiger charge is 2.20. The van der Waals surface area contributed by atoms with Crippen LogP contribution in [0.3, 0.4) is 0 Å². The number of rotatable bonds is 6. The molecule has 2 aromatic rings. The summed E-state index contributed by atoms with van der Waals surface area (Å²) in [6.45, 7) is 6.62. The van der Waals surface area contributed by atoms with Crippen molar-refractivity contribution in [3.8, 4) is 11.4 Å². The van der Waals surface area contributed by atoms with Gasteiger partial charge in [-0.15, -0.1) is 0 Å². The van der Waals surface area contributed by atoms with Gasteiger partial charge >= 0.3 is 0 Å². The van der Waals surface area contributed by atoms with E-state index in [0.29, 0.717) is 0 Å². The van der Waals surface area contributed by atoms with Crippen LogP contribution < -0.4 is 4.74 Å². The first-order valence-corrected chi connectivity index (χ1v) is 9.84. The van der Waals surface area contributed by atoms with Crippen LogP contribution in [0.2, 0.25) is 0 Å². The lowest BCUT2D eigenvalue weighted by Crippen LogP contribution is -2.31. The van der Waals surface area contributed by atoms with Crippen molar-refractivity contribution in [2.45, 2.75) is 51.9 Å². The van der Waals surface area contributed by atoms with Crippen molar-refractivity contribution >= 4 is 0 Å². The van der Waals surface area contributed by atoms with Crippen molar-refractivity contribution in [1.29, 1.82) is 0 Å². The van der Waals surface area contributed by atoms with Gasteiger partial charge in [0.05, 0.1) is 18.0 Å². The maximum Gasteiger partial charge on any atom is 0.119 e. The Morgan fingerprint density at radius 1 is 1.00 bits per heavy atom. The maximum atomic E-state index is 5.93. The van der Waals surface area contributed by atoms with E-state index in [1.165, 1.54) is 62.1 Å². The van der Waals surface area contributed by atoms with Gasteiger partial charge in [0.25, 0.3) is 0 Å². The normalized spacial score (nSPS) is 17.6. The summed E-state index contributed by atoms with van der Waals surface area (Å²) in [6.07, 6.45) is 8.81. The van der Waals surface area contributed by atoms with Crippen LogP contribution >= 0.6 is 0 Å². The minimum Gasteiger partial charge on any atom is -0.494 e. The number of benzene rings is 1. The molecule has 0 atom stereocenters. The lowest BCUT2D eigenvalue weighted by atomic mass is 10.1. The maximum absolute atomic E-state index is 5.93. The largest absolute Gasteiger partial charge is 0.494 e. The minimum atomic E-state index is 0.798. The van der Waals surface area contributed by atoms with Crippen LogP contribution in [-0.4, -0.2) is 40.9 Å². The van der Waals surface area contributed by atoms with E-state index in [-0.39, 0.29) is 0 Å². The molecule has 0 bridgehead atoms. The standard InChI is InChI=1S/C21H29N3O/c1-17-20-7-5-8-21(20)24(22-17)18-9-11-19(12-10-18)25-16-6-15-23-13-3-2-4-14-23/h9-12H,2-8,13-16H2,1H3. The Bertz CT molecular complexity index is 699. The Kier molecular flexibility index (Phi) is 5.07. The fourth-order valence-electron chi connectivity index (χ4n) is 4.18. The van der Waals surface area contributed by atoms with E-state index in [4.69, 9.17) is 9.84 Å². The second-order valence-corrected chi connectivity index (χ2v) is 7.37. The first-order chi connectivity index (χ1) is 12.3. The van der Waals surface area contributed by atoms with Gasteiger partial charge in [0.15, 0.2) is 0 Å². The third-order valence-corrected chi connectivity index (χ3v) is 5.55. The highest BCUT2D eigenvalue weighted by Crippen LogP contribution is 2.27. The summed E-state index contributed by atoms with van der Waals surface area (Å²) >= 11 is 0. The Morgan fingerprint density at radius 3 is 2.60 bits per heavy atom. The Labute approximate surface area is 150 Å². The molecule has 4 nitrogen and oxygen atoms in total. The number of ether oxygens (including phenoxy) is 1. The molecule has 1 aromatic heterocycles. The number of hydrogen-bond donors (Lipinski definition) is 0. The van der Waals surface area contributed by atoms with E-state index in [1.807, 2.05) is 0 Å². The van der Waals surface area contributed by atoms with Gasteiger partial charge in [-0.1, -0.05) is 6.42 Å². The number of likely N-dealkylation sites (tertiary alicyclic amines) is 1. The van der Waals surface area contributed by atoms with E-state index in [1.54, 1.807) is 0 Å². The molecule has 1 saturated heterocycles. The molecule has 0 N–H and O–H groups in total. The molecule has 0 saturated carbocycles. The zero-order chi connectivity index (χ0) is 17.1. The van der Waals surface area contributed by atoms with Crippen molar-refractivity contribution in [2.24, 2.45) is 0 Å². The molecule has 25 heavy (non-hydrogen) atoms. The van der Waals surface area contributed by atoms with Gasteiger partial charge in [-0.25, -0.2) is 4.68 Å². The first-order valence-electron chi connectivity index (χ1n) is 9.84. The topological polar surface area (TPSA) is 30.3 Å². The fraction of sp³-hybridized carbons (Fsp3) is 0.571. The molecule has 0 spiro atoms. The van der Waals surface area contributed by atoms with Crippen LogP contribution in [0.4, 0.5) is 0 Å². The molecule has 0 unspecified atom stereocenters. The van der Waals surface area contributed by atoms with Crippen molar-refractivity contribution in [1.82, 2.24) is 14.7 Å². The van der Waals surface area contributed by atoms with Gasteiger partial charge in [0.1, 0.15) is 5.75 Å². The van der Waals surface area contributed by atoms with E-state index in [0.717, 1.165) is 37.4 Å². The van der Waals surface area contributed by atoms with Gasteiger partial charge in [-0.3, -0.25) is 0 Å². The summed E-state index contributed by atoms with van der Waals surface area (Å²) in [5, 5.41) is 4.73. The SMILES string of the molecule is Cc1nn(-c2ccc(OCCCN3CCCCC3)cc2)c2c1CCC2. The Hall–Kier alpha value is -1.81. The molecule has 0 radical (unpaired) electrons. The van der Waals surface area contributed by atoms with Crippen LogP contribution in [0, 0.1) is 6.92 Å². The lowest BCUT2D eigenvalue weighted by molar-refractivity contribution is 0.205. The summed E-state index contributed by atoms with van der Waals surface area (Å²) in [7, 11) is 0. The molecule has 2 aliphatic rings. The zero-order valence-electron chi connectivity index (χ0n) is 15.3. The van der Waals surface area contributed by atoms with Gasteiger partial charge in [-0.2, -0.15) is 5.10 Å². The molecule has 1 aliphatic heterocycles. The van der Waals surface area contributed by atoms with Crippen LogP contribution in [-0.2, 0) is 12.8 Å². The number of aryl methyl sites for hydroxylation is 1. The fourth-order valence-corrected chi connectivity index (χ4v) is 4.18. The quantitative estimate of drug-likeness (QED) is 0.747. The van der Waals surface area contributed by atoms with E-state index < -0.39 is 0 Å². The van der Waals surface area contributed by atoms with Crippen molar-refractivity contribution < 1.29 is 4.74 Å². The summed E-state index contributed by atoms with van der Waals surface area (Å²) in [5.41, 5.74) is 5.18. The number of piperidine rings is 1. The van der Waals surface area contributed by atoms with Crippen LogP contribution in [0.5, 0.6) is 5.75 Å². The first kappa shape index (κ1) is 16.6. The van der Waals surface area contributed by atoms with Crippen LogP contribution in [0.25, 0.3) is 5.69 Å². The Balaban J connectivity index is 1.31. The second-order valence-electron chi connectivity index (χ2n) is 7.37. The predicted molar refractivity (Wildman–Crippen MR) is 101 cm³/mol. The second kappa shape index (κ2) is 7.61. The number of nitrogens with zero attached hydrogens (tertiary/aromatic N) is 3. The monoisotopic (exact) mass is 339 g/mol. The zero-order valence-corrected chi connectivity index (χ0v) is 15.3. The average molecular weight is 339 g/mol.